The van der Waals surface area contributed by atoms with Crippen molar-refractivity contribution >= 4 is 5.91 Å². The summed E-state index contributed by atoms with van der Waals surface area (Å²) in [5, 5.41) is 9.47. The molecule has 0 unspecified atom stereocenters. The van der Waals surface area contributed by atoms with E-state index in [2.05, 4.69) is 15.5 Å². The summed E-state index contributed by atoms with van der Waals surface area (Å²) in [6, 6.07) is 4.06. The first kappa shape index (κ1) is 12.4. The van der Waals surface area contributed by atoms with E-state index in [1.165, 1.54) is 5.56 Å². The van der Waals surface area contributed by atoms with Crippen molar-refractivity contribution in [2.24, 2.45) is 0 Å². The largest absolute Gasteiger partial charge is 0.348 e. The van der Waals surface area contributed by atoms with Crippen molar-refractivity contribution in [2.75, 3.05) is 0 Å². The summed E-state index contributed by atoms with van der Waals surface area (Å²) in [6.45, 7) is 6.45. The van der Waals surface area contributed by atoms with E-state index in [1.54, 1.807) is 12.4 Å². The van der Waals surface area contributed by atoms with E-state index in [1.807, 2.05) is 32.9 Å². The fourth-order valence-corrected chi connectivity index (χ4v) is 2.18. The molecule has 1 amide bonds. The van der Waals surface area contributed by atoms with Gasteiger partial charge >= 0.3 is 0 Å². The monoisotopic (exact) mass is 243 g/mol. The van der Waals surface area contributed by atoms with Crippen molar-refractivity contribution < 1.29 is 4.79 Å². The summed E-state index contributed by atoms with van der Waals surface area (Å²) in [7, 11) is 0. The highest BCUT2D eigenvalue weighted by Gasteiger charge is 2.12. The second-order valence-corrected chi connectivity index (χ2v) is 4.56. The molecule has 1 aromatic carbocycles. The zero-order valence-electron chi connectivity index (χ0n) is 10.9. The van der Waals surface area contributed by atoms with Gasteiger partial charge in [0, 0.05) is 23.9 Å². The van der Waals surface area contributed by atoms with Crippen molar-refractivity contribution in [2.45, 2.75) is 27.3 Å². The summed E-state index contributed by atoms with van der Waals surface area (Å²) in [5.74, 6) is -0.0359. The van der Waals surface area contributed by atoms with E-state index >= 15 is 0 Å². The molecule has 2 aromatic rings. The maximum Gasteiger partial charge on any atom is 0.252 e. The topological polar surface area (TPSA) is 57.8 Å². The molecule has 2 rings (SSSR count). The fraction of sp³-hybridized carbons (Fsp3) is 0.286. The number of rotatable bonds is 3. The Labute approximate surface area is 106 Å². The van der Waals surface area contributed by atoms with Crippen LogP contribution in [0.4, 0.5) is 0 Å². The molecule has 0 aliphatic carbocycles. The van der Waals surface area contributed by atoms with Gasteiger partial charge in [0.15, 0.2) is 0 Å². The molecule has 18 heavy (non-hydrogen) atoms. The number of nitrogens with one attached hydrogen (secondary N) is 2. The van der Waals surface area contributed by atoms with Crippen molar-refractivity contribution in [1.82, 2.24) is 15.5 Å². The van der Waals surface area contributed by atoms with Gasteiger partial charge in [-0.15, -0.1) is 0 Å². The molecular formula is C14H17N3O. The van der Waals surface area contributed by atoms with Crippen molar-refractivity contribution in [3.8, 4) is 0 Å². The van der Waals surface area contributed by atoms with Crippen molar-refractivity contribution in [1.29, 1.82) is 0 Å². The number of H-pyrrole nitrogens is 1. The molecule has 0 bridgehead atoms. The minimum Gasteiger partial charge on any atom is -0.348 e. The quantitative estimate of drug-likeness (QED) is 0.868. The van der Waals surface area contributed by atoms with Gasteiger partial charge in [-0.1, -0.05) is 17.7 Å². The third kappa shape index (κ3) is 2.59. The Bertz CT molecular complexity index is 535. The van der Waals surface area contributed by atoms with Crippen LogP contribution in [0, 0.1) is 20.8 Å². The zero-order valence-corrected chi connectivity index (χ0v) is 10.9. The van der Waals surface area contributed by atoms with Gasteiger partial charge in [-0.25, -0.2) is 0 Å². The van der Waals surface area contributed by atoms with Crippen LogP contribution in [0.1, 0.15) is 32.6 Å². The molecular weight excluding hydrogens is 226 g/mol. The van der Waals surface area contributed by atoms with E-state index in [0.29, 0.717) is 6.54 Å². The number of benzene rings is 1. The molecule has 94 valence electrons. The summed E-state index contributed by atoms with van der Waals surface area (Å²) < 4.78 is 0. The first-order valence-corrected chi connectivity index (χ1v) is 5.91. The number of aromatic nitrogens is 2. The second kappa shape index (κ2) is 5.04. The van der Waals surface area contributed by atoms with Crippen LogP contribution in [-0.2, 0) is 6.54 Å². The molecule has 0 spiro atoms. The Balaban J connectivity index is 2.14. The van der Waals surface area contributed by atoms with Gasteiger partial charge in [-0.05, 0) is 31.9 Å². The minimum atomic E-state index is -0.0359. The Kier molecular flexibility index (Phi) is 3.46. The lowest BCUT2D eigenvalue weighted by Gasteiger charge is -2.11. The Morgan fingerprint density at radius 2 is 1.94 bits per heavy atom. The van der Waals surface area contributed by atoms with E-state index in [0.717, 1.165) is 22.3 Å². The Morgan fingerprint density at radius 3 is 2.50 bits per heavy atom. The Morgan fingerprint density at radius 1 is 1.28 bits per heavy atom. The van der Waals surface area contributed by atoms with E-state index < -0.39 is 0 Å². The zero-order chi connectivity index (χ0) is 13.1. The third-order valence-electron chi connectivity index (χ3n) is 2.91. The first-order valence-electron chi connectivity index (χ1n) is 5.91. The number of nitrogens with zero attached hydrogens (tertiary/aromatic N) is 1. The molecule has 0 saturated carbocycles. The fourth-order valence-electron chi connectivity index (χ4n) is 2.18. The molecule has 4 nitrogen and oxygen atoms in total. The normalized spacial score (nSPS) is 10.4. The van der Waals surface area contributed by atoms with E-state index in [4.69, 9.17) is 0 Å². The van der Waals surface area contributed by atoms with Crippen LogP contribution in [0.2, 0.25) is 0 Å². The average Bonchev–Trinajstić information content (AvgIpc) is 2.77. The number of aryl methyl sites for hydroxylation is 3. The summed E-state index contributed by atoms with van der Waals surface area (Å²) >= 11 is 0. The molecule has 0 saturated heterocycles. The minimum absolute atomic E-state index is 0.0359. The van der Waals surface area contributed by atoms with Crippen LogP contribution in [0.15, 0.2) is 24.5 Å². The molecule has 1 aromatic heterocycles. The van der Waals surface area contributed by atoms with Gasteiger partial charge < -0.3 is 5.32 Å². The highest BCUT2D eigenvalue weighted by atomic mass is 16.1. The van der Waals surface area contributed by atoms with Gasteiger partial charge in [-0.3, -0.25) is 9.89 Å². The third-order valence-corrected chi connectivity index (χ3v) is 2.91. The maximum atomic E-state index is 12.2. The number of hydrogen-bond acceptors (Lipinski definition) is 2. The number of aromatic amines is 1. The summed E-state index contributed by atoms with van der Waals surface area (Å²) in [6.07, 6.45) is 3.48. The lowest BCUT2D eigenvalue weighted by atomic mass is 9.99. The average molecular weight is 243 g/mol. The lowest BCUT2D eigenvalue weighted by molar-refractivity contribution is 0.0949. The van der Waals surface area contributed by atoms with Crippen LogP contribution in [0.3, 0.4) is 0 Å². The van der Waals surface area contributed by atoms with E-state index in [9.17, 15) is 4.79 Å². The van der Waals surface area contributed by atoms with Crippen LogP contribution in [0.5, 0.6) is 0 Å². The standard InChI is InChI=1S/C14H17N3O/c1-9-4-10(2)13(11(3)5-9)14(18)15-6-12-7-16-17-8-12/h4-5,7-8H,6H2,1-3H3,(H,15,18)(H,16,17). The van der Waals surface area contributed by atoms with Gasteiger partial charge in [-0.2, -0.15) is 5.10 Å². The summed E-state index contributed by atoms with van der Waals surface area (Å²) in [5.41, 5.74) is 4.93. The van der Waals surface area contributed by atoms with Gasteiger partial charge in [0.2, 0.25) is 0 Å². The Hall–Kier alpha value is -2.10. The predicted molar refractivity (Wildman–Crippen MR) is 70.4 cm³/mol. The molecule has 2 N–H and O–H groups in total. The van der Waals surface area contributed by atoms with E-state index in [-0.39, 0.29) is 5.91 Å². The molecule has 0 radical (unpaired) electrons. The smallest absolute Gasteiger partial charge is 0.252 e. The molecule has 0 aliphatic heterocycles. The maximum absolute atomic E-state index is 12.2. The van der Waals surface area contributed by atoms with Crippen LogP contribution in [-0.4, -0.2) is 16.1 Å². The van der Waals surface area contributed by atoms with Crippen molar-refractivity contribution in [3.05, 3.63) is 52.3 Å². The molecule has 0 fully saturated rings. The number of amides is 1. The highest BCUT2D eigenvalue weighted by Crippen LogP contribution is 2.16. The van der Waals surface area contributed by atoms with Crippen LogP contribution < -0.4 is 5.32 Å². The molecule has 0 atom stereocenters. The number of carbonyl (C=O) groups excluding carboxylic acids is 1. The highest BCUT2D eigenvalue weighted by molar-refractivity contribution is 5.97. The van der Waals surface area contributed by atoms with Gasteiger partial charge in [0.05, 0.1) is 6.20 Å². The second-order valence-electron chi connectivity index (χ2n) is 4.56. The first-order chi connectivity index (χ1) is 8.58. The molecule has 4 heteroatoms. The van der Waals surface area contributed by atoms with Gasteiger partial charge in [0.25, 0.3) is 5.91 Å². The molecule has 1 heterocycles. The van der Waals surface area contributed by atoms with Crippen LogP contribution >= 0.6 is 0 Å². The lowest BCUT2D eigenvalue weighted by Crippen LogP contribution is -2.24. The van der Waals surface area contributed by atoms with Crippen LogP contribution in [0.25, 0.3) is 0 Å². The molecule has 0 aliphatic rings. The predicted octanol–water partition coefficient (Wildman–Crippen LogP) is 2.26. The number of hydrogen-bond donors (Lipinski definition) is 2. The van der Waals surface area contributed by atoms with Gasteiger partial charge in [0.1, 0.15) is 0 Å². The van der Waals surface area contributed by atoms with Crippen molar-refractivity contribution in [3.63, 3.8) is 0 Å². The number of carbonyl (C=O) groups is 1. The SMILES string of the molecule is Cc1cc(C)c(C(=O)NCc2cn[nH]c2)c(C)c1. The summed E-state index contributed by atoms with van der Waals surface area (Å²) in [4.78, 5) is 12.2.